The summed E-state index contributed by atoms with van der Waals surface area (Å²) in [6.07, 6.45) is 4.45. The molecule has 1 amide bonds. The van der Waals surface area contributed by atoms with Crippen LogP contribution in [0.3, 0.4) is 0 Å². The molecule has 0 bridgehead atoms. The molecule has 1 atom stereocenters. The molecular weight excluding hydrogens is 264 g/mol. The number of hydrogen-bond acceptors (Lipinski definition) is 3. The standard InChI is InChI=1S/C17H26N2O2/c1-14(18-2)12-15-6-8-16(9-7-15)21-13-17(20)19-10-4-3-5-11-19/h6-9,14,18H,3-5,10-13H2,1-2H3. The van der Waals surface area contributed by atoms with Gasteiger partial charge in [-0.05, 0) is 57.4 Å². The molecule has 1 aromatic carbocycles. The molecule has 1 aliphatic rings. The average molecular weight is 290 g/mol. The van der Waals surface area contributed by atoms with Gasteiger partial charge < -0.3 is 15.0 Å². The first-order valence-electron chi connectivity index (χ1n) is 7.86. The van der Waals surface area contributed by atoms with Crippen LogP contribution in [0, 0.1) is 0 Å². The molecule has 0 radical (unpaired) electrons. The zero-order chi connectivity index (χ0) is 15.1. The predicted octanol–water partition coefficient (Wildman–Crippen LogP) is 2.23. The molecule has 2 rings (SSSR count). The van der Waals surface area contributed by atoms with Crippen LogP contribution in [0.5, 0.6) is 5.75 Å². The summed E-state index contributed by atoms with van der Waals surface area (Å²) >= 11 is 0. The highest BCUT2D eigenvalue weighted by Gasteiger charge is 2.16. The van der Waals surface area contributed by atoms with Crippen LogP contribution in [0.2, 0.25) is 0 Å². The van der Waals surface area contributed by atoms with E-state index in [9.17, 15) is 4.79 Å². The quantitative estimate of drug-likeness (QED) is 0.873. The van der Waals surface area contributed by atoms with Gasteiger partial charge in [-0.1, -0.05) is 12.1 Å². The fourth-order valence-electron chi connectivity index (χ4n) is 2.56. The fourth-order valence-corrected chi connectivity index (χ4v) is 2.56. The SMILES string of the molecule is CNC(C)Cc1ccc(OCC(=O)N2CCCCC2)cc1. The number of amides is 1. The van der Waals surface area contributed by atoms with Crippen LogP contribution in [0.25, 0.3) is 0 Å². The molecule has 1 unspecified atom stereocenters. The third-order valence-electron chi connectivity index (χ3n) is 4.03. The Hall–Kier alpha value is -1.55. The third kappa shape index (κ3) is 5.05. The van der Waals surface area contributed by atoms with Crippen molar-refractivity contribution in [3.8, 4) is 5.75 Å². The Balaban J connectivity index is 1.79. The lowest BCUT2D eigenvalue weighted by Crippen LogP contribution is -2.38. The van der Waals surface area contributed by atoms with E-state index in [1.807, 2.05) is 24.1 Å². The van der Waals surface area contributed by atoms with E-state index in [0.717, 1.165) is 38.1 Å². The van der Waals surface area contributed by atoms with Crippen molar-refractivity contribution in [2.45, 2.75) is 38.6 Å². The zero-order valence-electron chi connectivity index (χ0n) is 13.1. The first kappa shape index (κ1) is 15.8. The van der Waals surface area contributed by atoms with E-state index in [1.54, 1.807) is 0 Å². The largest absolute Gasteiger partial charge is 0.484 e. The lowest BCUT2D eigenvalue weighted by atomic mass is 10.1. The fraction of sp³-hybridized carbons (Fsp3) is 0.588. The summed E-state index contributed by atoms with van der Waals surface area (Å²) in [6.45, 7) is 4.06. The molecule has 1 aromatic rings. The summed E-state index contributed by atoms with van der Waals surface area (Å²) in [6, 6.07) is 8.48. The monoisotopic (exact) mass is 290 g/mol. The summed E-state index contributed by atoms with van der Waals surface area (Å²) in [5.41, 5.74) is 1.27. The number of hydrogen-bond donors (Lipinski definition) is 1. The Bertz CT molecular complexity index is 439. The highest BCUT2D eigenvalue weighted by molar-refractivity contribution is 5.77. The zero-order valence-corrected chi connectivity index (χ0v) is 13.1. The van der Waals surface area contributed by atoms with E-state index in [0.29, 0.717) is 6.04 Å². The number of ether oxygens (including phenoxy) is 1. The van der Waals surface area contributed by atoms with Crippen molar-refractivity contribution in [3.05, 3.63) is 29.8 Å². The van der Waals surface area contributed by atoms with Gasteiger partial charge in [-0.25, -0.2) is 0 Å². The minimum Gasteiger partial charge on any atom is -0.484 e. The minimum atomic E-state index is 0.0996. The number of carbonyl (C=O) groups is 1. The number of nitrogens with zero attached hydrogens (tertiary/aromatic N) is 1. The maximum Gasteiger partial charge on any atom is 0.260 e. The van der Waals surface area contributed by atoms with Crippen LogP contribution in [0.15, 0.2) is 24.3 Å². The van der Waals surface area contributed by atoms with Gasteiger partial charge in [-0.2, -0.15) is 0 Å². The topological polar surface area (TPSA) is 41.6 Å². The molecule has 21 heavy (non-hydrogen) atoms. The Labute approximate surface area is 127 Å². The summed E-state index contributed by atoms with van der Waals surface area (Å²) < 4.78 is 5.60. The number of likely N-dealkylation sites (tertiary alicyclic amines) is 1. The van der Waals surface area contributed by atoms with Gasteiger partial charge >= 0.3 is 0 Å². The van der Waals surface area contributed by atoms with Crippen molar-refractivity contribution in [1.29, 1.82) is 0 Å². The Morgan fingerprint density at radius 2 is 1.90 bits per heavy atom. The van der Waals surface area contributed by atoms with Crippen LogP contribution in [-0.2, 0) is 11.2 Å². The van der Waals surface area contributed by atoms with Crippen molar-refractivity contribution in [3.63, 3.8) is 0 Å². The van der Waals surface area contributed by atoms with Crippen LogP contribution >= 0.6 is 0 Å². The van der Waals surface area contributed by atoms with E-state index in [1.165, 1.54) is 12.0 Å². The van der Waals surface area contributed by atoms with Crippen molar-refractivity contribution in [2.24, 2.45) is 0 Å². The minimum absolute atomic E-state index is 0.0996. The Morgan fingerprint density at radius 3 is 2.52 bits per heavy atom. The van der Waals surface area contributed by atoms with Gasteiger partial charge in [0.05, 0.1) is 0 Å². The smallest absolute Gasteiger partial charge is 0.260 e. The lowest BCUT2D eigenvalue weighted by Gasteiger charge is -2.26. The van der Waals surface area contributed by atoms with Crippen molar-refractivity contribution in [2.75, 3.05) is 26.7 Å². The molecule has 1 saturated heterocycles. The number of carbonyl (C=O) groups excluding carboxylic acids is 1. The van der Waals surface area contributed by atoms with Crippen molar-refractivity contribution < 1.29 is 9.53 Å². The number of piperidine rings is 1. The van der Waals surface area contributed by atoms with Crippen molar-refractivity contribution >= 4 is 5.91 Å². The maximum atomic E-state index is 12.0. The Kier molecular flexibility index (Phi) is 6.05. The summed E-state index contributed by atoms with van der Waals surface area (Å²) in [5, 5.41) is 3.22. The first-order chi connectivity index (χ1) is 10.2. The molecule has 0 aromatic heterocycles. The highest BCUT2D eigenvalue weighted by Crippen LogP contribution is 2.14. The normalized spacial score (nSPS) is 16.6. The first-order valence-corrected chi connectivity index (χ1v) is 7.86. The van der Waals surface area contributed by atoms with E-state index >= 15 is 0 Å². The molecule has 1 aliphatic heterocycles. The van der Waals surface area contributed by atoms with Gasteiger partial charge in [0.2, 0.25) is 0 Å². The number of benzene rings is 1. The summed E-state index contributed by atoms with van der Waals surface area (Å²) in [7, 11) is 1.97. The third-order valence-corrected chi connectivity index (χ3v) is 4.03. The van der Waals surface area contributed by atoms with E-state index in [2.05, 4.69) is 24.4 Å². The number of rotatable bonds is 6. The van der Waals surface area contributed by atoms with Crippen LogP contribution in [-0.4, -0.2) is 43.6 Å². The highest BCUT2D eigenvalue weighted by atomic mass is 16.5. The predicted molar refractivity (Wildman–Crippen MR) is 84.6 cm³/mol. The lowest BCUT2D eigenvalue weighted by molar-refractivity contribution is -0.134. The molecule has 1 heterocycles. The molecule has 0 spiro atoms. The van der Waals surface area contributed by atoms with Crippen LogP contribution in [0.1, 0.15) is 31.7 Å². The van der Waals surface area contributed by atoms with Crippen LogP contribution in [0.4, 0.5) is 0 Å². The van der Waals surface area contributed by atoms with Gasteiger partial charge in [0, 0.05) is 19.1 Å². The number of likely N-dealkylation sites (N-methyl/N-ethyl adjacent to an activating group) is 1. The average Bonchev–Trinajstić information content (AvgIpc) is 2.54. The molecule has 1 N–H and O–H groups in total. The van der Waals surface area contributed by atoms with E-state index in [4.69, 9.17) is 4.74 Å². The van der Waals surface area contributed by atoms with Gasteiger partial charge in [0.25, 0.3) is 5.91 Å². The second-order valence-electron chi connectivity index (χ2n) is 5.77. The van der Waals surface area contributed by atoms with Gasteiger partial charge in [-0.3, -0.25) is 4.79 Å². The van der Waals surface area contributed by atoms with Gasteiger partial charge in [0.1, 0.15) is 5.75 Å². The molecule has 0 saturated carbocycles. The van der Waals surface area contributed by atoms with Crippen molar-refractivity contribution in [1.82, 2.24) is 10.2 Å². The van der Waals surface area contributed by atoms with E-state index in [-0.39, 0.29) is 12.5 Å². The molecule has 4 heteroatoms. The molecule has 116 valence electrons. The molecule has 4 nitrogen and oxygen atoms in total. The van der Waals surface area contributed by atoms with E-state index < -0.39 is 0 Å². The summed E-state index contributed by atoms with van der Waals surface area (Å²) in [4.78, 5) is 13.9. The maximum absolute atomic E-state index is 12.0. The molecular formula is C17H26N2O2. The number of nitrogens with one attached hydrogen (secondary N) is 1. The van der Waals surface area contributed by atoms with Gasteiger partial charge in [0.15, 0.2) is 6.61 Å². The second kappa shape index (κ2) is 8.03. The molecule has 1 fully saturated rings. The Morgan fingerprint density at radius 1 is 1.24 bits per heavy atom. The second-order valence-corrected chi connectivity index (χ2v) is 5.77. The van der Waals surface area contributed by atoms with Crippen LogP contribution < -0.4 is 10.1 Å². The van der Waals surface area contributed by atoms with Gasteiger partial charge in [-0.15, -0.1) is 0 Å². The summed E-state index contributed by atoms with van der Waals surface area (Å²) in [5.74, 6) is 0.865. The molecule has 0 aliphatic carbocycles.